The zero-order chi connectivity index (χ0) is 20.8. The van der Waals surface area contributed by atoms with Gasteiger partial charge in [0.25, 0.3) is 0 Å². The monoisotopic (exact) mass is 416 g/mol. The summed E-state index contributed by atoms with van der Waals surface area (Å²) in [7, 11) is 4.58. The molecule has 2 aromatic heterocycles. The van der Waals surface area contributed by atoms with Gasteiger partial charge in [-0.25, -0.2) is 4.79 Å². The Balaban J connectivity index is 1.58. The highest BCUT2D eigenvalue weighted by Gasteiger charge is 2.14. The Morgan fingerprint density at radius 1 is 1.14 bits per heavy atom. The Morgan fingerprint density at radius 2 is 1.86 bits per heavy atom. The molecule has 0 atom stereocenters. The van der Waals surface area contributed by atoms with Crippen LogP contribution in [0, 0.1) is 6.92 Å². The third-order valence-corrected chi connectivity index (χ3v) is 5.18. The minimum absolute atomic E-state index is 0.331. The summed E-state index contributed by atoms with van der Waals surface area (Å²) in [4.78, 5) is 13.4. The maximum atomic E-state index is 12.3. The second-order valence-corrected chi connectivity index (χ2v) is 7.11. The first kappa shape index (κ1) is 20.5. The highest BCUT2D eigenvalue weighted by molar-refractivity contribution is 7.13. The quantitative estimate of drug-likeness (QED) is 0.584. The Labute approximate surface area is 173 Å². The first-order chi connectivity index (χ1) is 14.0. The molecule has 9 heteroatoms. The highest BCUT2D eigenvalue weighted by atomic mass is 32.1. The standard InChI is InChI=1S/C20H24N4O4S/c1-13-10-15(18-6-5-9-29-18)23-24(13)8-7-21-20(25)22-14-11-16(26-2)19(28-4)17(12-14)27-3/h5-6,9-12H,7-8H2,1-4H3,(H2,21,22,25). The van der Waals surface area contributed by atoms with Gasteiger partial charge in [-0.2, -0.15) is 5.10 Å². The molecule has 0 radical (unpaired) electrons. The fourth-order valence-electron chi connectivity index (χ4n) is 2.89. The number of benzene rings is 1. The van der Waals surface area contributed by atoms with Crippen molar-refractivity contribution in [2.75, 3.05) is 33.2 Å². The molecule has 29 heavy (non-hydrogen) atoms. The van der Waals surface area contributed by atoms with Gasteiger partial charge in [0.2, 0.25) is 5.75 Å². The van der Waals surface area contributed by atoms with E-state index in [1.165, 1.54) is 21.3 Å². The van der Waals surface area contributed by atoms with E-state index in [0.717, 1.165) is 16.3 Å². The normalized spacial score (nSPS) is 10.5. The zero-order valence-corrected chi connectivity index (χ0v) is 17.6. The number of nitrogens with zero attached hydrogens (tertiary/aromatic N) is 2. The van der Waals surface area contributed by atoms with Crippen LogP contribution in [0.3, 0.4) is 0 Å². The lowest BCUT2D eigenvalue weighted by Gasteiger charge is -2.15. The van der Waals surface area contributed by atoms with E-state index in [9.17, 15) is 4.79 Å². The SMILES string of the molecule is COc1cc(NC(=O)NCCn2nc(-c3cccs3)cc2C)cc(OC)c1OC. The van der Waals surface area contributed by atoms with Crippen LogP contribution in [-0.2, 0) is 6.54 Å². The number of carbonyl (C=O) groups excluding carboxylic acids is 1. The lowest BCUT2D eigenvalue weighted by atomic mass is 10.2. The molecule has 2 heterocycles. The summed E-state index contributed by atoms with van der Waals surface area (Å²) in [6, 6.07) is 9.10. The summed E-state index contributed by atoms with van der Waals surface area (Å²) in [5.41, 5.74) is 2.52. The summed E-state index contributed by atoms with van der Waals surface area (Å²) in [6.45, 7) is 3.00. The van der Waals surface area contributed by atoms with E-state index >= 15 is 0 Å². The summed E-state index contributed by atoms with van der Waals surface area (Å²) in [5, 5.41) is 12.2. The predicted octanol–water partition coefficient (Wildman–Crippen LogP) is 3.77. The van der Waals surface area contributed by atoms with Gasteiger partial charge in [-0.3, -0.25) is 4.68 Å². The van der Waals surface area contributed by atoms with Gasteiger partial charge < -0.3 is 24.8 Å². The van der Waals surface area contributed by atoms with E-state index in [1.54, 1.807) is 23.5 Å². The number of anilines is 1. The Kier molecular flexibility index (Phi) is 6.61. The van der Waals surface area contributed by atoms with Gasteiger partial charge in [-0.05, 0) is 24.4 Å². The molecule has 0 saturated heterocycles. The lowest BCUT2D eigenvalue weighted by molar-refractivity contribution is 0.251. The molecule has 3 rings (SSSR count). The summed E-state index contributed by atoms with van der Waals surface area (Å²) < 4.78 is 17.8. The van der Waals surface area contributed by atoms with Crippen molar-refractivity contribution in [2.45, 2.75) is 13.5 Å². The van der Waals surface area contributed by atoms with Crippen LogP contribution >= 0.6 is 11.3 Å². The van der Waals surface area contributed by atoms with Crippen molar-refractivity contribution in [3.05, 3.63) is 41.4 Å². The van der Waals surface area contributed by atoms with Crippen LogP contribution in [0.15, 0.2) is 35.7 Å². The number of aromatic nitrogens is 2. The molecule has 2 N–H and O–H groups in total. The van der Waals surface area contributed by atoms with E-state index in [4.69, 9.17) is 14.2 Å². The number of ether oxygens (including phenoxy) is 3. The number of urea groups is 1. The van der Waals surface area contributed by atoms with Gasteiger partial charge in [0.1, 0.15) is 5.69 Å². The molecule has 0 aliphatic heterocycles. The average Bonchev–Trinajstić information content (AvgIpc) is 3.37. The fourth-order valence-corrected chi connectivity index (χ4v) is 3.57. The number of aryl methyl sites for hydroxylation is 1. The van der Waals surface area contributed by atoms with Gasteiger partial charge in [0, 0.05) is 24.4 Å². The van der Waals surface area contributed by atoms with Crippen LogP contribution in [0.1, 0.15) is 5.69 Å². The number of carbonyl (C=O) groups is 1. The van der Waals surface area contributed by atoms with Crippen LogP contribution in [0.2, 0.25) is 0 Å². The van der Waals surface area contributed by atoms with Crippen molar-refractivity contribution < 1.29 is 19.0 Å². The summed E-state index contributed by atoms with van der Waals surface area (Å²) in [6.07, 6.45) is 0. The average molecular weight is 417 g/mol. The maximum absolute atomic E-state index is 12.3. The maximum Gasteiger partial charge on any atom is 0.319 e. The minimum Gasteiger partial charge on any atom is -0.493 e. The number of thiophene rings is 1. The zero-order valence-electron chi connectivity index (χ0n) is 16.8. The molecular weight excluding hydrogens is 392 g/mol. The molecule has 3 aromatic rings. The largest absolute Gasteiger partial charge is 0.493 e. The Morgan fingerprint density at radius 3 is 2.45 bits per heavy atom. The fraction of sp³-hybridized carbons (Fsp3) is 0.300. The smallest absolute Gasteiger partial charge is 0.319 e. The van der Waals surface area contributed by atoms with Crippen LogP contribution in [0.4, 0.5) is 10.5 Å². The van der Waals surface area contributed by atoms with E-state index in [0.29, 0.717) is 36.0 Å². The van der Waals surface area contributed by atoms with Gasteiger partial charge >= 0.3 is 6.03 Å². The topological polar surface area (TPSA) is 86.6 Å². The number of rotatable bonds is 8. The molecule has 0 bridgehead atoms. The molecule has 2 amide bonds. The predicted molar refractivity (Wildman–Crippen MR) is 113 cm³/mol. The van der Waals surface area contributed by atoms with Gasteiger partial charge in [-0.1, -0.05) is 6.07 Å². The minimum atomic E-state index is -0.331. The van der Waals surface area contributed by atoms with Crippen LogP contribution in [0.25, 0.3) is 10.6 Å². The first-order valence-corrected chi connectivity index (χ1v) is 9.87. The van der Waals surface area contributed by atoms with Crippen molar-refractivity contribution in [3.8, 4) is 27.8 Å². The van der Waals surface area contributed by atoms with Crippen molar-refractivity contribution >= 4 is 23.1 Å². The van der Waals surface area contributed by atoms with Gasteiger partial charge in [0.05, 0.1) is 38.4 Å². The van der Waals surface area contributed by atoms with Crippen LogP contribution in [0.5, 0.6) is 17.2 Å². The van der Waals surface area contributed by atoms with Crippen LogP contribution < -0.4 is 24.8 Å². The van der Waals surface area contributed by atoms with Crippen molar-refractivity contribution in [1.29, 1.82) is 0 Å². The number of nitrogens with one attached hydrogen (secondary N) is 2. The molecule has 1 aromatic carbocycles. The Bertz CT molecular complexity index is 944. The second kappa shape index (κ2) is 9.33. The van der Waals surface area contributed by atoms with Crippen molar-refractivity contribution in [2.24, 2.45) is 0 Å². The van der Waals surface area contributed by atoms with E-state index in [1.807, 2.05) is 35.2 Å². The van der Waals surface area contributed by atoms with E-state index in [-0.39, 0.29) is 6.03 Å². The van der Waals surface area contributed by atoms with Gasteiger partial charge in [-0.15, -0.1) is 11.3 Å². The molecule has 0 aliphatic rings. The van der Waals surface area contributed by atoms with E-state index in [2.05, 4.69) is 15.7 Å². The molecule has 154 valence electrons. The highest BCUT2D eigenvalue weighted by Crippen LogP contribution is 2.39. The molecule has 8 nitrogen and oxygen atoms in total. The molecule has 0 spiro atoms. The molecule has 0 unspecified atom stereocenters. The van der Waals surface area contributed by atoms with E-state index < -0.39 is 0 Å². The third kappa shape index (κ3) is 4.80. The number of methoxy groups -OCH3 is 3. The van der Waals surface area contributed by atoms with Crippen molar-refractivity contribution in [1.82, 2.24) is 15.1 Å². The molecule has 0 fully saturated rings. The summed E-state index contributed by atoms with van der Waals surface area (Å²) >= 11 is 1.65. The van der Waals surface area contributed by atoms with Crippen molar-refractivity contribution in [3.63, 3.8) is 0 Å². The third-order valence-electron chi connectivity index (χ3n) is 4.29. The second-order valence-electron chi connectivity index (χ2n) is 6.17. The van der Waals surface area contributed by atoms with Crippen LogP contribution in [-0.4, -0.2) is 43.7 Å². The molecular formula is C20H24N4O4S. The molecule has 0 saturated carbocycles. The first-order valence-electron chi connectivity index (χ1n) is 8.99. The van der Waals surface area contributed by atoms with Gasteiger partial charge in [0.15, 0.2) is 11.5 Å². The Hall–Kier alpha value is -3.20. The summed E-state index contributed by atoms with van der Waals surface area (Å²) in [5.74, 6) is 1.41. The molecule has 0 aliphatic carbocycles. The number of hydrogen-bond acceptors (Lipinski definition) is 6. The lowest BCUT2D eigenvalue weighted by Crippen LogP contribution is -2.31. The number of hydrogen-bond donors (Lipinski definition) is 2. The number of amides is 2.